The number of likely N-dealkylation sites (tertiary alicyclic amines) is 1. The molecule has 0 bridgehead atoms. The number of alkyl halides is 3. The molecule has 1 aromatic heterocycles. The first-order valence-corrected chi connectivity index (χ1v) is 42.3. The number of piperazine rings is 2. The molecule has 1 aliphatic carbocycles. The number of nitrogens with one attached hydrogen (secondary N) is 4. The van der Waals surface area contributed by atoms with Crippen LogP contribution >= 0.6 is 34.7 Å². The van der Waals surface area contributed by atoms with Gasteiger partial charge in [-0.1, -0.05) is 99.0 Å². The molecule has 0 unspecified atom stereocenters. The number of benzene rings is 5. The molecule has 0 radical (unpaired) electrons. The number of hydrogen-bond acceptors (Lipinski definition) is 18. The van der Waals surface area contributed by atoms with Crippen molar-refractivity contribution in [2.75, 3.05) is 101 Å². The Hall–Kier alpha value is -7.41. The lowest BCUT2D eigenvalue weighted by Gasteiger charge is -2.44. The lowest BCUT2D eigenvalue weighted by Crippen LogP contribution is -2.57. The van der Waals surface area contributed by atoms with E-state index in [9.17, 15) is 59.1 Å². The molecule has 29 heteroatoms. The number of thiazole rings is 1. The van der Waals surface area contributed by atoms with E-state index >= 15 is 0 Å². The molecule has 5 aliphatic rings. The number of carbonyl (C=O) groups is 5. The first-order chi connectivity index (χ1) is 51.4. The number of anilines is 2. The Morgan fingerprint density at radius 1 is 0.787 bits per heavy atom. The number of amides is 5. The number of carbonyl (C=O) groups excluding carboxylic acids is 5. The molecule has 11 rings (SSSR count). The van der Waals surface area contributed by atoms with E-state index in [0.29, 0.717) is 82.6 Å². The summed E-state index contributed by atoms with van der Waals surface area (Å²) in [7, 11) is -11.1. The van der Waals surface area contributed by atoms with Gasteiger partial charge in [-0.05, 0) is 165 Å². The Bertz CT molecular complexity index is 4390. The zero-order chi connectivity index (χ0) is 77.1. The van der Waals surface area contributed by atoms with Gasteiger partial charge in [-0.25, -0.2) is 26.5 Å². The lowest BCUT2D eigenvalue weighted by atomic mass is 9.66. The number of β-amino-alcohol motifs (C(OH)–C–C–N with tert-alkyl or cyclic N) is 1. The van der Waals surface area contributed by atoms with Gasteiger partial charge in [0.05, 0.1) is 38.8 Å². The third-order valence-electron chi connectivity index (χ3n) is 21.5. The van der Waals surface area contributed by atoms with Gasteiger partial charge >= 0.3 is 5.51 Å². The fourth-order valence-electron chi connectivity index (χ4n) is 15.1. The van der Waals surface area contributed by atoms with Gasteiger partial charge in [0.1, 0.15) is 17.0 Å². The van der Waals surface area contributed by atoms with Crippen LogP contribution in [0, 0.1) is 17.8 Å². The zero-order valence-electron chi connectivity index (χ0n) is 61.8. The maximum atomic E-state index is 14.6. The molecule has 5 heterocycles. The van der Waals surface area contributed by atoms with Gasteiger partial charge in [0.2, 0.25) is 23.6 Å². The van der Waals surface area contributed by atoms with Gasteiger partial charge < -0.3 is 40.5 Å². The van der Waals surface area contributed by atoms with Crippen molar-refractivity contribution in [1.29, 1.82) is 0 Å². The number of sulfonamides is 1. The summed E-state index contributed by atoms with van der Waals surface area (Å²) in [4.78, 5) is 82.7. The van der Waals surface area contributed by atoms with E-state index in [0.717, 1.165) is 109 Å². The highest BCUT2D eigenvalue weighted by molar-refractivity contribution is 7.99. The fourth-order valence-corrected chi connectivity index (χ4v) is 19.0. The van der Waals surface area contributed by atoms with Crippen LogP contribution in [0.2, 0.25) is 5.02 Å². The maximum Gasteiger partial charge on any atom is 0.501 e. The summed E-state index contributed by atoms with van der Waals surface area (Å²) >= 11 is 9.22. The number of aromatic nitrogens is 1. The summed E-state index contributed by atoms with van der Waals surface area (Å²) in [6, 6.07) is 30.9. The molecular formula is C79H98ClF3N10O11S4. The Labute approximate surface area is 645 Å². The third-order valence-corrected chi connectivity index (χ3v) is 26.7. The molecule has 0 saturated carbocycles. The SMILES string of the molecule is Cc1ncsc1-c1ccc([C@H](C)NC(=O)[C@@H]2C[C@@H](O)CN2C(=O)[C@@H](NC(=O)CCCCCC(=O)N2CCN(CC[C@H](CSc3ccccc3)Nc3ccc(S(=O)(=O)NC(=O)c4ccc(N5CCN(CC6=C(c7ccc(Cl)cc7)CCC7(CCOCC7)C6)CC5)cc4)cc3S(=O)(=O)C(F)(F)F)CC2)C(C)(C)C)cc1. The minimum Gasteiger partial charge on any atom is -0.391 e. The second kappa shape index (κ2) is 35.7. The molecule has 4 aliphatic heterocycles. The quantitative estimate of drug-likeness (QED) is 0.0226. The number of unbranched alkanes of at least 4 members (excludes halogenated alkanes) is 2. The number of aliphatic hydroxyl groups is 1. The average molecular weight is 1580 g/mol. The number of aryl methyl sites for hydroxylation is 1. The van der Waals surface area contributed by atoms with Gasteiger partial charge in [0.15, 0.2) is 0 Å². The Kier molecular flexibility index (Phi) is 27.0. The molecule has 6 aromatic rings. The van der Waals surface area contributed by atoms with Gasteiger partial charge in [0, 0.05) is 137 Å². The summed E-state index contributed by atoms with van der Waals surface area (Å²) in [5, 5.41) is 20.4. The van der Waals surface area contributed by atoms with Gasteiger partial charge in [0.25, 0.3) is 25.8 Å². The molecule has 582 valence electrons. The van der Waals surface area contributed by atoms with Gasteiger partial charge in [-0.3, -0.25) is 33.8 Å². The molecule has 1 spiro atoms. The number of sulfone groups is 1. The summed E-state index contributed by atoms with van der Waals surface area (Å²) in [5.41, 5.74) is 2.60. The van der Waals surface area contributed by atoms with Crippen molar-refractivity contribution in [2.45, 2.75) is 162 Å². The van der Waals surface area contributed by atoms with Crippen LogP contribution in [0.4, 0.5) is 24.5 Å². The Morgan fingerprint density at radius 2 is 1.45 bits per heavy atom. The summed E-state index contributed by atoms with van der Waals surface area (Å²) in [5.74, 6) is -2.11. The van der Waals surface area contributed by atoms with Crippen LogP contribution in [0.5, 0.6) is 0 Å². The van der Waals surface area contributed by atoms with E-state index < -0.39 is 94.3 Å². The number of allylic oxidation sites excluding steroid dienone is 1. The van der Waals surface area contributed by atoms with Crippen LogP contribution in [0.3, 0.4) is 0 Å². The smallest absolute Gasteiger partial charge is 0.391 e. The first kappa shape index (κ1) is 81.6. The van der Waals surface area contributed by atoms with E-state index in [1.165, 1.54) is 45.5 Å². The summed E-state index contributed by atoms with van der Waals surface area (Å²) < 4.78 is 106. The number of halogens is 4. The minimum atomic E-state index is -6.19. The number of hydrogen-bond donors (Lipinski definition) is 5. The highest BCUT2D eigenvalue weighted by Gasteiger charge is 2.49. The van der Waals surface area contributed by atoms with E-state index in [1.807, 2.05) is 106 Å². The molecule has 21 nitrogen and oxygen atoms in total. The van der Waals surface area contributed by atoms with Crippen molar-refractivity contribution in [3.63, 3.8) is 0 Å². The third kappa shape index (κ3) is 20.8. The zero-order valence-corrected chi connectivity index (χ0v) is 65.8. The maximum absolute atomic E-state index is 14.6. The van der Waals surface area contributed by atoms with Crippen molar-refractivity contribution in [2.24, 2.45) is 10.8 Å². The van der Waals surface area contributed by atoms with Crippen molar-refractivity contribution >= 4 is 101 Å². The molecular weight excluding hydrogens is 1490 g/mol. The number of thioether (sulfide) groups is 1. The second-order valence-corrected chi connectivity index (χ2v) is 36.1. The molecule has 5 amide bonds. The molecule has 4 saturated heterocycles. The molecule has 5 atom stereocenters. The summed E-state index contributed by atoms with van der Waals surface area (Å²) in [6.07, 6.45) is 6.49. The number of nitrogens with zero attached hydrogens (tertiary/aromatic N) is 6. The average Bonchev–Trinajstić information content (AvgIpc) is 1.02. The lowest BCUT2D eigenvalue weighted by molar-refractivity contribution is -0.144. The van der Waals surface area contributed by atoms with E-state index in [2.05, 4.69) is 47.8 Å². The highest BCUT2D eigenvalue weighted by atomic mass is 35.5. The van der Waals surface area contributed by atoms with Crippen LogP contribution in [0.15, 0.2) is 147 Å². The highest BCUT2D eigenvalue weighted by Crippen LogP contribution is 2.49. The number of ether oxygens (including phenoxy) is 1. The molecule has 108 heavy (non-hydrogen) atoms. The molecule has 5 aromatic carbocycles. The predicted molar refractivity (Wildman–Crippen MR) is 416 cm³/mol. The summed E-state index contributed by atoms with van der Waals surface area (Å²) in [6.45, 7) is 16.7. The fraction of sp³-hybridized carbons (Fsp3) is 0.494. The number of rotatable bonds is 28. The van der Waals surface area contributed by atoms with Crippen molar-refractivity contribution < 1.29 is 63.8 Å². The van der Waals surface area contributed by atoms with Crippen LogP contribution < -0.4 is 25.6 Å². The predicted octanol–water partition coefficient (Wildman–Crippen LogP) is 12.2. The largest absolute Gasteiger partial charge is 0.501 e. The van der Waals surface area contributed by atoms with Crippen molar-refractivity contribution in [3.8, 4) is 10.4 Å². The standard InChI is InChI=1S/C79H98ClF3N10O11S4/c1-53(55-16-18-57(19-17-55)72-54(2)84-52-106-72)85-75(98)68-46-63(94)50-93(68)76(99)73(77(3,4)5)87-70(95)14-10-7-11-15-71(96)92-42-36-89(37-43-92)35-31-61(51-105-64-12-8-6-9-13-64)86-67-29-28-65(47-69(67)107(100,101)79(81,82)83)108(102,103)88-74(97)58-22-26-62(27-23-58)91-40-38-90(39-41-91)49-59-48-78(33-44-104-45-34-78)32-30-66(59)56-20-24-60(80)25-21-56/h6,8-9,12-13,16-29,47,52-53,61,63,68,73,86,94H,7,10-11,14-15,30-46,48-51H2,1-5H3,(H,85,98)(H,87,95)(H,88,97)/t53-,61+,63+,68-,73+/m0/s1. The topological polar surface area (TPSA) is 260 Å². The van der Waals surface area contributed by atoms with Crippen LogP contribution in [-0.2, 0) is 43.8 Å². The van der Waals surface area contributed by atoms with E-state index in [1.54, 1.807) is 33.9 Å². The Morgan fingerprint density at radius 3 is 2.11 bits per heavy atom. The monoisotopic (exact) mass is 1580 g/mol. The van der Waals surface area contributed by atoms with Crippen LogP contribution in [0.25, 0.3) is 16.0 Å². The first-order valence-electron chi connectivity index (χ1n) is 37.1. The second-order valence-electron chi connectivity index (χ2n) is 30.1. The van der Waals surface area contributed by atoms with Crippen LogP contribution in [-0.4, -0.2) is 197 Å². The normalized spacial score (nSPS) is 19.2. The molecule has 4 fully saturated rings. The van der Waals surface area contributed by atoms with Crippen LogP contribution in [0.1, 0.15) is 138 Å². The molecule has 5 N–H and O–H groups in total. The van der Waals surface area contributed by atoms with Gasteiger partial charge in [-0.2, -0.15) is 13.2 Å². The van der Waals surface area contributed by atoms with Crippen molar-refractivity contribution in [3.05, 3.63) is 160 Å². The van der Waals surface area contributed by atoms with E-state index in [4.69, 9.17) is 16.3 Å². The number of aliphatic hydroxyl groups excluding tert-OH is 1. The minimum absolute atomic E-state index is 0.0427. The van der Waals surface area contributed by atoms with E-state index in [-0.39, 0.29) is 54.4 Å². The van der Waals surface area contributed by atoms with Gasteiger partial charge in [-0.15, -0.1) is 23.1 Å². The van der Waals surface area contributed by atoms with Crippen molar-refractivity contribution in [1.82, 2.24) is 39.9 Å². The Balaban J connectivity index is 0.645.